The number of anilines is 2. The molecule has 7 heteroatoms. The van der Waals surface area contributed by atoms with Gasteiger partial charge in [0.05, 0.1) is 36.8 Å². The number of hydrogen-bond donors (Lipinski definition) is 2. The lowest BCUT2D eigenvalue weighted by atomic mass is 9.87. The van der Waals surface area contributed by atoms with E-state index < -0.39 is 0 Å². The molecule has 3 aromatic carbocycles. The summed E-state index contributed by atoms with van der Waals surface area (Å²) in [6.45, 7) is 1.62. The number of nitrogens with zero attached hydrogens (tertiary/aromatic N) is 2. The summed E-state index contributed by atoms with van der Waals surface area (Å²) in [4.78, 5) is 18.1. The number of hydrogen-bond acceptors (Lipinski definition) is 4. The number of aliphatic imine (C=N–C) groups is 1. The Bertz CT molecular complexity index is 1260. The van der Waals surface area contributed by atoms with Gasteiger partial charge >= 0.3 is 0 Å². The van der Waals surface area contributed by atoms with Gasteiger partial charge in [-0.2, -0.15) is 5.43 Å². The highest BCUT2D eigenvalue weighted by Crippen LogP contribution is 2.39. The predicted octanol–water partition coefficient (Wildman–Crippen LogP) is 5.73. The Hall–Kier alpha value is -3.35. The van der Waals surface area contributed by atoms with Gasteiger partial charge in [0.15, 0.2) is 0 Å². The Morgan fingerprint density at radius 3 is 2.59 bits per heavy atom. The maximum Gasteiger partial charge on any atom is 0.299 e. The lowest BCUT2D eigenvalue weighted by molar-refractivity contribution is -0.947. The number of carbonyl (C=O) groups excluding carboxylic acids is 1. The summed E-state index contributed by atoms with van der Waals surface area (Å²) in [5.41, 5.74) is 8.81. The highest BCUT2D eigenvalue weighted by Gasteiger charge is 2.36. The first kappa shape index (κ1) is 22.4. The second kappa shape index (κ2) is 9.12. The van der Waals surface area contributed by atoms with Crippen LogP contribution in [0.4, 0.5) is 17.1 Å². The van der Waals surface area contributed by atoms with E-state index in [0.29, 0.717) is 20.9 Å². The van der Waals surface area contributed by atoms with Crippen LogP contribution in [0.3, 0.4) is 0 Å². The number of nitrogens with one attached hydrogen (secondary N) is 2. The molecule has 2 N–H and O–H groups in total. The first-order valence-corrected chi connectivity index (χ1v) is 11.9. The highest BCUT2D eigenvalue weighted by atomic mass is 35.5. The number of ether oxygens (including phenoxy) is 1. The molecule has 0 radical (unpaired) electrons. The monoisotopic (exact) mass is 475 g/mol. The average molecular weight is 476 g/mol. The summed E-state index contributed by atoms with van der Waals surface area (Å²) >= 11 is 6.28. The fourth-order valence-electron chi connectivity index (χ4n) is 4.83. The van der Waals surface area contributed by atoms with E-state index >= 15 is 0 Å². The van der Waals surface area contributed by atoms with E-state index in [4.69, 9.17) is 21.3 Å². The van der Waals surface area contributed by atoms with Crippen LogP contribution < -0.4 is 15.5 Å². The molecule has 2 aliphatic heterocycles. The van der Waals surface area contributed by atoms with Crippen LogP contribution in [0.25, 0.3) is 0 Å². The molecule has 0 unspecified atom stereocenters. The summed E-state index contributed by atoms with van der Waals surface area (Å²) in [5.74, 6) is 0.737. The van der Waals surface area contributed by atoms with Gasteiger partial charge in [0.2, 0.25) is 0 Å². The molecule has 0 bridgehead atoms. The molecule has 0 aliphatic carbocycles. The van der Waals surface area contributed by atoms with Gasteiger partial charge in [-0.15, -0.1) is 0 Å². The van der Waals surface area contributed by atoms with Crippen LogP contribution in [0.2, 0.25) is 5.02 Å². The Morgan fingerprint density at radius 1 is 1.06 bits per heavy atom. The van der Waals surface area contributed by atoms with Crippen molar-refractivity contribution in [1.29, 1.82) is 0 Å². The molecule has 2 heterocycles. The predicted molar refractivity (Wildman–Crippen MR) is 136 cm³/mol. The van der Waals surface area contributed by atoms with Crippen molar-refractivity contribution in [2.24, 2.45) is 10.9 Å². The van der Waals surface area contributed by atoms with E-state index in [-0.39, 0.29) is 11.8 Å². The summed E-state index contributed by atoms with van der Waals surface area (Å²) < 4.78 is 5.84. The molecule has 6 nitrogen and oxygen atoms in total. The molecule has 174 valence electrons. The van der Waals surface area contributed by atoms with Gasteiger partial charge in [-0.3, -0.25) is 9.79 Å². The van der Waals surface area contributed by atoms with Crippen LogP contribution in [0.5, 0.6) is 5.75 Å². The van der Waals surface area contributed by atoms with E-state index in [0.717, 1.165) is 54.3 Å². The summed E-state index contributed by atoms with van der Waals surface area (Å²) in [6.07, 6.45) is 1.82. The maximum absolute atomic E-state index is 13.0. The lowest BCUT2D eigenvalue weighted by Crippen LogP contribution is -2.61. The second-order valence-electron chi connectivity index (χ2n) is 9.09. The zero-order valence-corrected chi connectivity index (χ0v) is 20.1. The van der Waals surface area contributed by atoms with Crippen molar-refractivity contribution in [3.63, 3.8) is 0 Å². The number of piperidine rings is 1. The Labute approximate surface area is 204 Å². The van der Waals surface area contributed by atoms with Crippen molar-refractivity contribution in [3.8, 4) is 5.75 Å². The van der Waals surface area contributed by atoms with Crippen molar-refractivity contribution >= 4 is 40.3 Å². The third kappa shape index (κ3) is 4.39. The smallest absolute Gasteiger partial charge is 0.299 e. The molecule has 3 aromatic rings. The quantitative estimate of drug-likeness (QED) is 0.474. The summed E-state index contributed by atoms with van der Waals surface area (Å²) in [5, 5.41) is 4.19. The molecule has 34 heavy (non-hydrogen) atoms. The van der Waals surface area contributed by atoms with Crippen molar-refractivity contribution in [2.45, 2.75) is 12.8 Å². The second-order valence-corrected chi connectivity index (χ2v) is 9.52. The molecule has 5 rings (SSSR count). The number of quaternary nitrogens is 1. The topological polar surface area (TPSA) is 62.7 Å². The van der Waals surface area contributed by atoms with Gasteiger partial charge < -0.3 is 10.1 Å². The molecular weight excluding hydrogens is 448 g/mol. The van der Waals surface area contributed by atoms with Crippen LogP contribution in [0, 0.1) is 5.92 Å². The van der Waals surface area contributed by atoms with Gasteiger partial charge in [0, 0.05) is 35.0 Å². The zero-order chi connectivity index (χ0) is 23.7. The van der Waals surface area contributed by atoms with E-state index in [9.17, 15) is 4.79 Å². The lowest BCUT2D eigenvalue weighted by Gasteiger charge is -2.39. The molecular formula is C27H28ClN4O2+. The number of fused-ring (bicyclic) bond motifs is 2. The largest absolute Gasteiger partial charge is 0.496 e. The molecule has 2 aliphatic rings. The minimum Gasteiger partial charge on any atom is -0.496 e. The van der Waals surface area contributed by atoms with Gasteiger partial charge in [-0.25, -0.2) is 4.59 Å². The maximum atomic E-state index is 13.0. The molecule has 1 amide bonds. The van der Waals surface area contributed by atoms with Crippen molar-refractivity contribution in [3.05, 3.63) is 82.9 Å². The van der Waals surface area contributed by atoms with Gasteiger partial charge in [-0.1, -0.05) is 41.9 Å². The minimum atomic E-state index is -0.122. The Kier molecular flexibility index (Phi) is 6.02. The van der Waals surface area contributed by atoms with Gasteiger partial charge in [-0.05, 0) is 36.4 Å². The van der Waals surface area contributed by atoms with Crippen LogP contribution in [0.1, 0.15) is 28.8 Å². The highest BCUT2D eigenvalue weighted by molar-refractivity contribution is 6.31. The molecule has 0 spiro atoms. The van der Waals surface area contributed by atoms with E-state index in [1.165, 1.54) is 0 Å². The van der Waals surface area contributed by atoms with E-state index in [1.54, 1.807) is 19.2 Å². The van der Waals surface area contributed by atoms with Crippen molar-refractivity contribution in [1.82, 2.24) is 5.43 Å². The standard InChI is InChI=1S/C27H27ClN4O2/c1-32(31-27(33)21-8-4-6-10-25(21)34-2)15-13-18(14-16-32)26-20-7-3-5-9-22(20)29-23-12-11-19(28)17-24(23)30-26/h3-12,17-18H,13-16H2,1-2H3,(H-,29,30,31,33)/p+1. The third-order valence-electron chi connectivity index (χ3n) is 6.72. The Morgan fingerprint density at radius 2 is 1.79 bits per heavy atom. The van der Waals surface area contributed by atoms with E-state index in [1.807, 2.05) is 36.4 Å². The average Bonchev–Trinajstić information content (AvgIpc) is 3.01. The van der Waals surface area contributed by atoms with Crippen molar-refractivity contribution < 1.29 is 14.1 Å². The first-order chi connectivity index (χ1) is 16.5. The zero-order valence-electron chi connectivity index (χ0n) is 19.3. The fraction of sp³-hybridized carbons (Fsp3) is 0.259. The van der Waals surface area contributed by atoms with Crippen LogP contribution in [-0.4, -0.2) is 43.5 Å². The minimum absolute atomic E-state index is 0.122. The van der Waals surface area contributed by atoms with Crippen molar-refractivity contribution in [2.75, 3.05) is 32.6 Å². The molecule has 1 fully saturated rings. The van der Waals surface area contributed by atoms with Crippen LogP contribution >= 0.6 is 11.6 Å². The number of rotatable bonds is 4. The number of halogens is 1. The number of para-hydroxylation sites is 2. The number of amides is 1. The Balaban J connectivity index is 1.38. The molecule has 0 atom stereocenters. The van der Waals surface area contributed by atoms with Crippen LogP contribution in [-0.2, 0) is 0 Å². The number of methoxy groups -OCH3 is 1. The summed E-state index contributed by atoms with van der Waals surface area (Å²) in [6, 6.07) is 21.4. The molecule has 1 saturated heterocycles. The number of likely N-dealkylation sites (tertiary alicyclic amines) is 1. The fourth-order valence-corrected chi connectivity index (χ4v) is 4.99. The van der Waals surface area contributed by atoms with E-state index in [2.05, 4.69) is 36.0 Å². The van der Waals surface area contributed by atoms with Crippen LogP contribution in [0.15, 0.2) is 71.7 Å². The number of carbonyl (C=O) groups is 1. The first-order valence-electron chi connectivity index (χ1n) is 11.5. The summed E-state index contributed by atoms with van der Waals surface area (Å²) in [7, 11) is 3.66. The SMILES string of the molecule is COc1ccccc1C(=O)N[N+]1(C)CCC(C2=Nc3cc(Cl)ccc3Nc3ccccc32)CC1. The third-order valence-corrected chi connectivity index (χ3v) is 6.96. The molecule has 0 aromatic heterocycles. The normalized spacial score (nSPS) is 21.3. The molecule has 0 saturated carbocycles. The van der Waals surface area contributed by atoms with Gasteiger partial charge in [0.25, 0.3) is 5.91 Å². The number of benzene rings is 3. The van der Waals surface area contributed by atoms with Gasteiger partial charge in [0.1, 0.15) is 18.8 Å².